The van der Waals surface area contributed by atoms with Crippen LogP contribution >= 0.6 is 35.3 Å². The van der Waals surface area contributed by atoms with Crippen LogP contribution in [-0.2, 0) is 25.6 Å². The molecular formula is C24H33IN6S. The smallest absolute Gasteiger partial charge is 0.192 e. The Labute approximate surface area is 212 Å². The zero-order chi connectivity index (χ0) is 21.5. The molecular weight excluding hydrogens is 531 g/mol. The maximum Gasteiger partial charge on any atom is 0.192 e. The van der Waals surface area contributed by atoms with E-state index in [9.17, 15) is 0 Å². The van der Waals surface area contributed by atoms with Crippen LogP contribution in [0.3, 0.4) is 0 Å². The Bertz CT molecular complexity index is 977. The largest absolute Gasteiger partial charge is 0.355 e. The van der Waals surface area contributed by atoms with Gasteiger partial charge in [-0.3, -0.25) is 0 Å². The third-order valence-electron chi connectivity index (χ3n) is 6.31. The Morgan fingerprint density at radius 2 is 1.84 bits per heavy atom. The second kappa shape index (κ2) is 11.8. The van der Waals surface area contributed by atoms with Gasteiger partial charge in [0.15, 0.2) is 11.8 Å². The highest BCUT2D eigenvalue weighted by atomic mass is 127. The van der Waals surface area contributed by atoms with Crippen molar-refractivity contribution >= 4 is 41.3 Å². The van der Waals surface area contributed by atoms with Gasteiger partial charge in [0.25, 0.3) is 0 Å². The van der Waals surface area contributed by atoms with Crippen LogP contribution in [0.2, 0.25) is 0 Å². The molecule has 0 saturated heterocycles. The van der Waals surface area contributed by atoms with Crippen molar-refractivity contribution < 1.29 is 0 Å². The van der Waals surface area contributed by atoms with Gasteiger partial charge in [-0.1, -0.05) is 55.7 Å². The monoisotopic (exact) mass is 564 g/mol. The maximum atomic E-state index is 4.88. The highest BCUT2D eigenvalue weighted by Gasteiger charge is 2.34. The number of benzene rings is 1. The van der Waals surface area contributed by atoms with Crippen molar-refractivity contribution in [1.82, 2.24) is 25.4 Å². The summed E-state index contributed by atoms with van der Waals surface area (Å²) in [5.41, 5.74) is 1.40. The lowest BCUT2D eigenvalue weighted by molar-refractivity contribution is 0.296. The number of aryl methyl sites for hydroxylation is 1. The molecule has 32 heavy (non-hydrogen) atoms. The number of rotatable bonds is 7. The van der Waals surface area contributed by atoms with Crippen molar-refractivity contribution in [2.24, 2.45) is 12.0 Å². The topological polar surface area (TPSA) is 67.1 Å². The van der Waals surface area contributed by atoms with E-state index in [2.05, 4.69) is 62.6 Å². The summed E-state index contributed by atoms with van der Waals surface area (Å²) in [6.07, 6.45) is 6.39. The van der Waals surface area contributed by atoms with Gasteiger partial charge in [0, 0.05) is 23.9 Å². The van der Waals surface area contributed by atoms with Gasteiger partial charge in [0.1, 0.15) is 5.82 Å². The van der Waals surface area contributed by atoms with E-state index in [4.69, 9.17) is 4.99 Å². The standard InChI is InChI=1S/C24H32N6S.HI/c1-19-28-29-22(30(19)2)17-26-23(25-16-20-10-5-3-6-11-20)27-18-24(13-7-4-8-14-24)21-12-9-15-31-21;/h3,5-6,9-12,15H,4,7-8,13-14,16-18H2,1-2H3,(H2,25,26,27);1H. The Kier molecular flexibility index (Phi) is 9.10. The highest BCUT2D eigenvalue weighted by molar-refractivity contribution is 14.0. The third kappa shape index (κ3) is 6.10. The van der Waals surface area contributed by atoms with Crippen molar-refractivity contribution in [2.45, 2.75) is 57.5 Å². The van der Waals surface area contributed by atoms with Gasteiger partial charge in [0.05, 0.1) is 13.1 Å². The maximum absolute atomic E-state index is 4.88. The Morgan fingerprint density at radius 1 is 1.06 bits per heavy atom. The van der Waals surface area contributed by atoms with Crippen LogP contribution in [-0.4, -0.2) is 27.3 Å². The molecule has 1 aliphatic carbocycles. The number of aromatic nitrogens is 3. The molecule has 1 saturated carbocycles. The first-order chi connectivity index (χ1) is 15.2. The fraction of sp³-hybridized carbons (Fsp3) is 0.458. The predicted octanol–water partition coefficient (Wildman–Crippen LogP) is 4.94. The van der Waals surface area contributed by atoms with Gasteiger partial charge in [-0.05, 0) is 36.8 Å². The van der Waals surface area contributed by atoms with Crippen molar-refractivity contribution in [2.75, 3.05) is 6.54 Å². The Hall–Kier alpha value is -1.94. The number of halogens is 1. The minimum Gasteiger partial charge on any atom is -0.355 e. The van der Waals surface area contributed by atoms with Crippen LogP contribution < -0.4 is 10.6 Å². The number of aliphatic imine (C=N–C) groups is 1. The molecule has 8 heteroatoms. The molecule has 6 nitrogen and oxygen atoms in total. The molecule has 4 rings (SSSR count). The van der Waals surface area contributed by atoms with Crippen LogP contribution in [0.4, 0.5) is 0 Å². The molecule has 1 fully saturated rings. The molecule has 0 atom stereocenters. The number of hydrogen-bond acceptors (Lipinski definition) is 4. The SMILES string of the molecule is Cc1nnc(CNC(=NCc2ccccc2)NCC2(c3cccs3)CCCCC2)n1C.I. The number of thiophene rings is 1. The molecule has 0 aliphatic heterocycles. The first-order valence-corrected chi connectivity index (χ1v) is 12.0. The number of nitrogens with one attached hydrogen (secondary N) is 2. The lowest BCUT2D eigenvalue weighted by atomic mass is 9.73. The molecule has 172 valence electrons. The molecule has 0 radical (unpaired) electrons. The van der Waals surface area contributed by atoms with Gasteiger partial charge in [-0.15, -0.1) is 45.5 Å². The van der Waals surface area contributed by atoms with Crippen LogP contribution in [0.25, 0.3) is 0 Å². The van der Waals surface area contributed by atoms with Gasteiger partial charge in [0.2, 0.25) is 0 Å². The third-order valence-corrected chi connectivity index (χ3v) is 7.42. The molecule has 0 spiro atoms. The minimum atomic E-state index is 0. The quantitative estimate of drug-likeness (QED) is 0.243. The normalized spacial score (nSPS) is 15.8. The molecule has 2 heterocycles. The summed E-state index contributed by atoms with van der Waals surface area (Å²) >= 11 is 1.88. The number of guanidine groups is 1. The molecule has 2 aromatic heterocycles. The van der Waals surface area contributed by atoms with Gasteiger partial charge in [-0.2, -0.15) is 0 Å². The first-order valence-electron chi connectivity index (χ1n) is 11.1. The average molecular weight is 565 g/mol. The van der Waals surface area contributed by atoms with E-state index in [-0.39, 0.29) is 29.4 Å². The molecule has 0 unspecified atom stereocenters. The molecule has 0 bridgehead atoms. The molecule has 2 N–H and O–H groups in total. The lowest BCUT2D eigenvalue weighted by Crippen LogP contribution is -2.46. The van der Waals surface area contributed by atoms with E-state index < -0.39 is 0 Å². The molecule has 1 aliphatic rings. The van der Waals surface area contributed by atoms with Crippen molar-refractivity contribution in [3.05, 3.63) is 69.9 Å². The molecule has 3 aromatic rings. The zero-order valence-electron chi connectivity index (χ0n) is 18.9. The van der Waals surface area contributed by atoms with Crippen molar-refractivity contribution in [1.29, 1.82) is 0 Å². The van der Waals surface area contributed by atoms with Crippen LogP contribution in [0.5, 0.6) is 0 Å². The number of hydrogen-bond donors (Lipinski definition) is 2. The van der Waals surface area contributed by atoms with Crippen LogP contribution in [0.15, 0.2) is 52.8 Å². The summed E-state index contributed by atoms with van der Waals surface area (Å²) in [6, 6.07) is 14.9. The Balaban J connectivity index is 0.00000289. The summed E-state index contributed by atoms with van der Waals surface area (Å²) in [5, 5.41) is 17.8. The first kappa shape index (κ1) is 24.7. The summed E-state index contributed by atoms with van der Waals surface area (Å²) in [4.78, 5) is 6.37. The van der Waals surface area contributed by atoms with Crippen LogP contribution in [0, 0.1) is 6.92 Å². The van der Waals surface area contributed by atoms with E-state index in [1.54, 1.807) is 0 Å². The van der Waals surface area contributed by atoms with Crippen molar-refractivity contribution in [3.63, 3.8) is 0 Å². The van der Waals surface area contributed by atoms with Gasteiger partial charge >= 0.3 is 0 Å². The fourth-order valence-electron chi connectivity index (χ4n) is 4.27. The Morgan fingerprint density at radius 3 is 2.50 bits per heavy atom. The van der Waals surface area contributed by atoms with Gasteiger partial charge in [-0.25, -0.2) is 4.99 Å². The van der Waals surface area contributed by atoms with Crippen molar-refractivity contribution in [3.8, 4) is 0 Å². The van der Waals surface area contributed by atoms with Gasteiger partial charge < -0.3 is 15.2 Å². The fourth-order valence-corrected chi connectivity index (χ4v) is 5.26. The zero-order valence-corrected chi connectivity index (χ0v) is 22.0. The molecule has 1 aromatic carbocycles. The van der Waals surface area contributed by atoms with Crippen LogP contribution in [0.1, 0.15) is 54.2 Å². The predicted molar refractivity (Wildman–Crippen MR) is 143 cm³/mol. The van der Waals surface area contributed by atoms with E-state index >= 15 is 0 Å². The van der Waals surface area contributed by atoms with E-state index in [0.717, 1.165) is 24.2 Å². The second-order valence-corrected chi connectivity index (χ2v) is 9.35. The minimum absolute atomic E-state index is 0. The second-order valence-electron chi connectivity index (χ2n) is 8.40. The summed E-state index contributed by atoms with van der Waals surface area (Å²) < 4.78 is 2.01. The summed E-state index contributed by atoms with van der Waals surface area (Å²) in [5.74, 6) is 2.63. The van der Waals surface area contributed by atoms with E-state index in [1.807, 2.05) is 35.9 Å². The van der Waals surface area contributed by atoms with E-state index in [1.165, 1.54) is 42.5 Å². The molecule has 0 amide bonds. The van der Waals surface area contributed by atoms with E-state index in [0.29, 0.717) is 13.1 Å². The highest BCUT2D eigenvalue weighted by Crippen LogP contribution is 2.41. The lowest BCUT2D eigenvalue weighted by Gasteiger charge is -2.37. The number of nitrogens with zero attached hydrogens (tertiary/aromatic N) is 4. The summed E-state index contributed by atoms with van der Waals surface area (Å²) in [7, 11) is 1.99. The average Bonchev–Trinajstić information content (AvgIpc) is 3.46. The summed E-state index contributed by atoms with van der Waals surface area (Å²) in [6.45, 7) is 4.09.